The van der Waals surface area contributed by atoms with E-state index < -0.39 is 5.97 Å². The van der Waals surface area contributed by atoms with Crippen molar-refractivity contribution in [3.05, 3.63) is 35.9 Å². The summed E-state index contributed by atoms with van der Waals surface area (Å²) < 4.78 is 0. The Hall–Kier alpha value is -1.39. The maximum atomic E-state index is 10.6. The van der Waals surface area contributed by atoms with E-state index in [-0.39, 0.29) is 24.6 Å². The number of hydrogen-bond donors (Lipinski definition) is 2. The average molecular weight is 263 g/mol. The van der Waals surface area contributed by atoms with E-state index in [1.165, 1.54) is 5.56 Å². The first-order valence-corrected chi connectivity index (χ1v) is 6.73. The fourth-order valence-corrected chi connectivity index (χ4v) is 2.89. The number of aliphatic carboxylic acids is 1. The van der Waals surface area contributed by atoms with Gasteiger partial charge in [0.25, 0.3) is 0 Å². The van der Waals surface area contributed by atoms with Gasteiger partial charge in [0, 0.05) is 18.5 Å². The van der Waals surface area contributed by atoms with Crippen molar-refractivity contribution in [2.75, 3.05) is 7.05 Å². The Kier molecular flexibility index (Phi) is 4.56. The second-order valence-electron chi connectivity index (χ2n) is 5.31. The summed E-state index contributed by atoms with van der Waals surface area (Å²) in [4.78, 5) is 12.8. The molecule has 1 fully saturated rings. The van der Waals surface area contributed by atoms with E-state index in [1.807, 2.05) is 25.2 Å². The van der Waals surface area contributed by atoms with Crippen LogP contribution < -0.4 is 0 Å². The molecule has 19 heavy (non-hydrogen) atoms. The smallest absolute Gasteiger partial charge is 0.303 e. The lowest BCUT2D eigenvalue weighted by atomic mass is 10.0. The van der Waals surface area contributed by atoms with Crippen molar-refractivity contribution in [1.29, 1.82) is 0 Å². The third-order valence-corrected chi connectivity index (χ3v) is 4.04. The van der Waals surface area contributed by atoms with Crippen LogP contribution in [0.25, 0.3) is 0 Å². The molecule has 1 aromatic rings. The Morgan fingerprint density at radius 3 is 2.68 bits per heavy atom. The second kappa shape index (κ2) is 6.17. The van der Waals surface area contributed by atoms with Gasteiger partial charge in [0.2, 0.25) is 0 Å². The fraction of sp³-hybridized carbons (Fsp3) is 0.533. The van der Waals surface area contributed by atoms with Crippen LogP contribution in [0.15, 0.2) is 30.3 Å². The minimum Gasteiger partial charge on any atom is -0.481 e. The summed E-state index contributed by atoms with van der Waals surface area (Å²) in [5, 5.41) is 18.9. The molecule has 2 N–H and O–H groups in total. The van der Waals surface area contributed by atoms with Gasteiger partial charge in [-0.05, 0) is 31.9 Å². The lowest BCUT2D eigenvalue weighted by molar-refractivity contribution is -0.137. The molecule has 1 heterocycles. The summed E-state index contributed by atoms with van der Waals surface area (Å²) in [5.74, 6) is -0.769. The monoisotopic (exact) mass is 263 g/mol. The standard InChI is InChI=1S/C15H21NO3/c1-16-12(7-8-15(18)19)10-14(17)13(16)9-11-5-3-2-4-6-11/h2-6,12-14,17H,7-10H2,1H3,(H,18,19). The molecule has 1 aliphatic rings. The molecule has 0 amide bonds. The minimum absolute atomic E-state index is 0.0844. The number of aliphatic hydroxyl groups excluding tert-OH is 1. The van der Waals surface area contributed by atoms with Crippen LogP contribution in [0.4, 0.5) is 0 Å². The zero-order valence-electron chi connectivity index (χ0n) is 11.2. The number of nitrogens with zero attached hydrogens (tertiary/aromatic N) is 1. The van der Waals surface area contributed by atoms with Crippen LogP contribution in [0.1, 0.15) is 24.8 Å². The summed E-state index contributed by atoms with van der Waals surface area (Å²) in [6.07, 6.45) is 1.88. The molecule has 4 heteroatoms. The van der Waals surface area contributed by atoms with Crippen molar-refractivity contribution in [3.63, 3.8) is 0 Å². The van der Waals surface area contributed by atoms with Crippen LogP contribution in [0.5, 0.6) is 0 Å². The zero-order chi connectivity index (χ0) is 13.8. The molecule has 0 spiro atoms. The first kappa shape index (κ1) is 14.0. The first-order chi connectivity index (χ1) is 9.08. The van der Waals surface area contributed by atoms with Crippen molar-refractivity contribution in [2.24, 2.45) is 0 Å². The molecule has 0 aromatic heterocycles. The number of rotatable bonds is 5. The van der Waals surface area contributed by atoms with Gasteiger partial charge < -0.3 is 10.2 Å². The topological polar surface area (TPSA) is 60.8 Å². The predicted molar refractivity (Wildman–Crippen MR) is 73.0 cm³/mol. The molecule has 0 radical (unpaired) electrons. The number of carboxylic acids is 1. The molecule has 104 valence electrons. The summed E-state index contributed by atoms with van der Waals surface area (Å²) in [6.45, 7) is 0. The molecular formula is C15H21NO3. The zero-order valence-corrected chi connectivity index (χ0v) is 11.2. The normalized spacial score (nSPS) is 27.6. The molecule has 1 aromatic carbocycles. The van der Waals surface area contributed by atoms with E-state index in [2.05, 4.69) is 17.0 Å². The maximum Gasteiger partial charge on any atom is 0.303 e. The third kappa shape index (κ3) is 3.55. The largest absolute Gasteiger partial charge is 0.481 e. The van der Waals surface area contributed by atoms with Gasteiger partial charge in [-0.2, -0.15) is 0 Å². The van der Waals surface area contributed by atoms with Crippen LogP contribution in [-0.4, -0.2) is 46.3 Å². The summed E-state index contributed by atoms with van der Waals surface area (Å²) in [6, 6.07) is 10.3. The first-order valence-electron chi connectivity index (χ1n) is 6.73. The lowest BCUT2D eigenvalue weighted by Crippen LogP contribution is -2.37. The molecular weight excluding hydrogens is 242 g/mol. The van der Waals surface area contributed by atoms with Gasteiger partial charge in [-0.1, -0.05) is 30.3 Å². The number of carboxylic acid groups (broad SMARTS) is 1. The maximum absolute atomic E-state index is 10.6. The van der Waals surface area contributed by atoms with Gasteiger partial charge in [-0.15, -0.1) is 0 Å². The molecule has 3 atom stereocenters. The van der Waals surface area contributed by atoms with Crippen molar-refractivity contribution in [2.45, 2.75) is 43.9 Å². The van der Waals surface area contributed by atoms with Gasteiger partial charge in [0.1, 0.15) is 0 Å². The average Bonchev–Trinajstić information content (AvgIpc) is 2.65. The second-order valence-corrected chi connectivity index (χ2v) is 5.31. The Bertz CT molecular complexity index is 421. The summed E-state index contributed by atoms with van der Waals surface area (Å²) >= 11 is 0. The highest BCUT2D eigenvalue weighted by Crippen LogP contribution is 2.28. The lowest BCUT2D eigenvalue weighted by Gasteiger charge is -2.26. The number of hydrogen-bond acceptors (Lipinski definition) is 3. The molecule has 4 nitrogen and oxygen atoms in total. The SMILES string of the molecule is CN1C(CCC(=O)O)CC(O)C1Cc1ccccc1. The summed E-state index contributed by atoms with van der Waals surface area (Å²) in [5.41, 5.74) is 1.21. The number of aliphatic hydroxyl groups is 1. The number of likely N-dealkylation sites (tertiary alicyclic amines) is 1. The van der Waals surface area contributed by atoms with E-state index in [0.29, 0.717) is 12.8 Å². The van der Waals surface area contributed by atoms with Crippen LogP contribution in [0.3, 0.4) is 0 Å². The quantitative estimate of drug-likeness (QED) is 0.845. The molecule has 3 unspecified atom stereocenters. The molecule has 0 aliphatic carbocycles. The summed E-state index contributed by atoms with van der Waals surface area (Å²) in [7, 11) is 1.98. The van der Waals surface area contributed by atoms with Crippen molar-refractivity contribution < 1.29 is 15.0 Å². The van der Waals surface area contributed by atoms with Crippen LogP contribution >= 0.6 is 0 Å². The fourth-order valence-electron chi connectivity index (χ4n) is 2.89. The highest BCUT2D eigenvalue weighted by Gasteiger charge is 2.37. The molecule has 0 bridgehead atoms. The van der Waals surface area contributed by atoms with E-state index in [9.17, 15) is 9.90 Å². The van der Waals surface area contributed by atoms with Crippen LogP contribution in [0.2, 0.25) is 0 Å². The number of carbonyl (C=O) groups is 1. The Balaban J connectivity index is 1.96. The van der Waals surface area contributed by atoms with Gasteiger partial charge in [-0.3, -0.25) is 9.69 Å². The number of benzene rings is 1. The minimum atomic E-state index is -0.769. The molecule has 1 saturated heterocycles. The molecule has 0 saturated carbocycles. The van der Waals surface area contributed by atoms with Gasteiger partial charge in [-0.25, -0.2) is 0 Å². The molecule has 2 rings (SSSR count). The van der Waals surface area contributed by atoms with Crippen molar-refractivity contribution in [3.8, 4) is 0 Å². The Morgan fingerprint density at radius 2 is 2.05 bits per heavy atom. The molecule has 1 aliphatic heterocycles. The van der Waals surface area contributed by atoms with E-state index in [4.69, 9.17) is 5.11 Å². The van der Waals surface area contributed by atoms with Gasteiger partial charge >= 0.3 is 5.97 Å². The third-order valence-electron chi connectivity index (χ3n) is 4.04. The Morgan fingerprint density at radius 1 is 1.37 bits per heavy atom. The highest BCUT2D eigenvalue weighted by atomic mass is 16.4. The van der Waals surface area contributed by atoms with Crippen LogP contribution in [-0.2, 0) is 11.2 Å². The van der Waals surface area contributed by atoms with E-state index in [0.717, 1.165) is 6.42 Å². The van der Waals surface area contributed by atoms with Crippen molar-refractivity contribution >= 4 is 5.97 Å². The van der Waals surface area contributed by atoms with E-state index >= 15 is 0 Å². The van der Waals surface area contributed by atoms with E-state index in [1.54, 1.807) is 0 Å². The van der Waals surface area contributed by atoms with Gasteiger partial charge in [0.05, 0.1) is 6.10 Å². The Labute approximate surface area is 113 Å². The van der Waals surface area contributed by atoms with Gasteiger partial charge in [0.15, 0.2) is 0 Å². The number of likely N-dealkylation sites (N-methyl/N-ethyl adjacent to an activating group) is 1. The van der Waals surface area contributed by atoms with Crippen molar-refractivity contribution in [1.82, 2.24) is 4.90 Å². The van der Waals surface area contributed by atoms with Crippen LogP contribution in [0, 0.1) is 0 Å². The predicted octanol–water partition coefficient (Wildman–Crippen LogP) is 1.53. The highest BCUT2D eigenvalue weighted by molar-refractivity contribution is 5.66.